The molecule has 0 radical (unpaired) electrons. The summed E-state index contributed by atoms with van der Waals surface area (Å²) < 4.78 is 38.8. The number of amides is 1. The number of hydrogen-bond acceptors (Lipinski definition) is 2. The fourth-order valence-corrected chi connectivity index (χ4v) is 4.12. The average molecular weight is 340 g/mol. The van der Waals surface area contributed by atoms with Crippen molar-refractivity contribution in [2.24, 2.45) is 5.41 Å². The molecule has 132 valence electrons. The summed E-state index contributed by atoms with van der Waals surface area (Å²) in [6.07, 6.45) is -1.39. The summed E-state index contributed by atoms with van der Waals surface area (Å²) in [7, 11) is 0. The highest BCUT2D eigenvalue weighted by atomic mass is 19.4. The van der Waals surface area contributed by atoms with E-state index in [9.17, 15) is 18.0 Å². The van der Waals surface area contributed by atoms with Gasteiger partial charge < -0.3 is 10.6 Å². The lowest BCUT2D eigenvalue weighted by molar-refractivity contribution is -0.137. The molecule has 2 bridgehead atoms. The van der Waals surface area contributed by atoms with Crippen LogP contribution in [0.3, 0.4) is 0 Å². The molecule has 3 aliphatic rings. The van der Waals surface area contributed by atoms with Crippen LogP contribution < -0.4 is 10.6 Å². The number of benzene rings is 1. The molecule has 2 N–H and O–H groups in total. The topological polar surface area (TPSA) is 41.1 Å². The minimum absolute atomic E-state index is 0.0895. The van der Waals surface area contributed by atoms with Gasteiger partial charge in [-0.05, 0) is 42.4 Å². The van der Waals surface area contributed by atoms with E-state index < -0.39 is 23.3 Å². The summed E-state index contributed by atoms with van der Waals surface area (Å²) >= 11 is 0. The predicted octanol–water partition coefficient (Wildman–Crippen LogP) is 3.80. The molecule has 2 saturated heterocycles. The van der Waals surface area contributed by atoms with Crippen molar-refractivity contribution < 1.29 is 18.0 Å². The van der Waals surface area contributed by atoms with Crippen LogP contribution in [-0.2, 0) is 11.0 Å². The number of fused-ring (bicyclic) bond motifs is 1. The molecule has 3 nitrogen and oxygen atoms in total. The van der Waals surface area contributed by atoms with Crippen LogP contribution in [0.4, 0.5) is 13.2 Å². The fraction of sp³-hybridized carbons (Fsp3) is 0.611. The summed E-state index contributed by atoms with van der Waals surface area (Å²) in [4.78, 5) is 12.7. The molecule has 0 aromatic heterocycles. The molecule has 1 aromatic carbocycles. The molecule has 1 unspecified atom stereocenters. The molecule has 24 heavy (non-hydrogen) atoms. The summed E-state index contributed by atoms with van der Waals surface area (Å²) in [5.74, 6) is -0.0895. The molecule has 1 atom stereocenters. The largest absolute Gasteiger partial charge is 0.416 e. The Morgan fingerprint density at radius 3 is 2.62 bits per heavy atom. The van der Waals surface area contributed by atoms with Crippen molar-refractivity contribution in [3.8, 4) is 0 Å². The minimum atomic E-state index is -4.38. The first kappa shape index (κ1) is 17.3. The van der Waals surface area contributed by atoms with E-state index in [-0.39, 0.29) is 11.3 Å². The lowest BCUT2D eigenvalue weighted by Crippen LogP contribution is -2.58. The molecule has 6 heteroatoms. The molecule has 3 fully saturated rings. The zero-order valence-corrected chi connectivity index (χ0v) is 14.0. The molecular weight excluding hydrogens is 317 g/mol. The number of rotatable bonds is 5. The number of nitrogens with one attached hydrogen (secondary N) is 2. The second-order valence-corrected chi connectivity index (χ2v) is 7.54. The van der Waals surface area contributed by atoms with E-state index in [2.05, 4.69) is 17.6 Å². The first-order chi connectivity index (χ1) is 11.2. The molecule has 2 heterocycles. The quantitative estimate of drug-likeness (QED) is 0.856. The minimum Gasteiger partial charge on any atom is -0.348 e. The Labute approximate surface area is 140 Å². The van der Waals surface area contributed by atoms with Crippen molar-refractivity contribution in [1.82, 2.24) is 10.6 Å². The zero-order valence-electron chi connectivity index (χ0n) is 14.0. The van der Waals surface area contributed by atoms with E-state index >= 15 is 0 Å². The van der Waals surface area contributed by atoms with Crippen molar-refractivity contribution in [2.45, 2.75) is 57.3 Å². The van der Waals surface area contributed by atoms with E-state index in [1.165, 1.54) is 6.07 Å². The van der Waals surface area contributed by atoms with Crippen molar-refractivity contribution in [3.63, 3.8) is 0 Å². The third-order valence-corrected chi connectivity index (χ3v) is 5.24. The standard InChI is InChI=1S/C18H23F3N2O/c1-3-5-14(12-6-4-7-13(8-12)18(19,20)21)23-15(24)17-9-16(2,10-17)11-22-17/h4,6-8,14,22H,3,5,9-11H2,1-2H3,(H,23,24). The zero-order chi connectivity index (χ0) is 17.6. The Morgan fingerprint density at radius 2 is 2.08 bits per heavy atom. The van der Waals surface area contributed by atoms with E-state index in [4.69, 9.17) is 0 Å². The Morgan fingerprint density at radius 1 is 1.38 bits per heavy atom. The van der Waals surface area contributed by atoms with Crippen molar-refractivity contribution in [2.75, 3.05) is 6.54 Å². The highest BCUT2D eigenvalue weighted by Crippen LogP contribution is 2.53. The third kappa shape index (κ3) is 3.04. The van der Waals surface area contributed by atoms with Gasteiger partial charge in [-0.25, -0.2) is 0 Å². The Hall–Kier alpha value is -1.56. The van der Waals surface area contributed by atoms with Crippen molar-refractivity contribution >= 4 is 5.91 Å². The van der Waals surface area contributed by atoms with Gasteiger partial charge in [-0.2, -0.15) is 13.2 Å². The molecule has 0 spiro atoms. The van der Waals surface area contributed by atoms with Gasteiger partial charge in [0.15, 0.2) is 0 Å². The molecule has 1 aromatic rings. The van der Waals surface area contributed by atoms with Crippen molar-refractivity contribution in [3.05, 3.63) is 35.4 Å². The molecule has 2 aliphatic heterocycles. The molecular formula is C18H23F3N2O. The summed E-state index contributed by atoms with van der Waals surface area (Å²) in [5, 5.41) is 6.27. The number of alkyl halides is 3. The number of carbonyl (C=O) groups excluding carboxylic acids is 1. The van der Waals surface area contributed by atoms with Crippen LogP contribution in [0.2, 0.25) is 0 Å². The maximum atomic E-state index is 12.9. The van der Waals surface area contributed by atoms with Crippen molar-refractivity contribution in [1.29, 1.82) is 0 Å². The van der Waals surface area contributed by atoms with Gasteiger partial charge in [0.1, 0.15) is 0 Å². The average Bonchev–Trinajstić information content (AvgIpc) is 3.00. The van der Waals surface area contributed by atoms with E-state index in [1.54, 1.807) is 6.07 Å². The monoisotopic (exact) mass is 340 g/mol. The van der Waals surface area contributed by atoms with Crippen LogP contribution in [0, 0.1) is 5.41 Å². The van der Waals surface area contributed by atoms with Gasteiger partial charge in [0.05, 0.1) is 17.1 Å². The predicted molar refractivity (Wildman–Crippen MR) is 85.3 cm³/mol. The Balaban J connectivity index is 1.77. The van der Waals surface area contributed by atoms with Gasteiger partial charge in [-0.15, -0.1) is 0 Å². The molecule has 1 saturated carbocycles. The van der Waals surface area contributed by atoms with Gasteiger partial charge >= 0.3 is 6.18 Å². The lowest BCUT2D eigenvalue weighted by Gasteiger charge is -2.43. The van der Waals surface area contributed by atoms with Crippen LogP contribution in [0.5, 0.6) is 0 Å². The Bertz CT molecular complexity index is 635. The van der Waals surface area contributed by atoms with Crippen LogP contribution >= 0.6 is 0 Å². The van der Waals surface area contributed by atoms with E-state index in [0.717, 1.165) is 37.9 Å². The second kappa shape index (κ2) is 5.76. The molecule has 4 rings (SSSR count). The van der Waals surface area contributed by atoms with E-state index in [1.807, 2.05) is 6.92 Å². The third-order valence-electron chi connectivity index (χ3n) is 5.24. The van der Waals surface area contributed by atoms with Gasteiger partial charge in [0.2, 0.25) is 5.91 Å². The highest BCUT2D eigenvalue weighted by molar-refractivity contribution is 5.89. The number of hydrogen-bond donors (Lipinski definition) is 2. The normalized spacial score (nSPS) is 29.9. The highest BCUT2D eigenvalue weighted by Gasteiger charge is 2.62. The van der Waals surface area contributed by atoms with Gasteiger partial charge in [-0.1, -0.05) is 32.4 Å². The van der Waals surface area contributed by atoms with Gasteiger partial charge in [-0.3, -0.25) is 4.79 Å². The van der Waals surface area contributed by atoms with Gasteiger partial charge in [0, 0.05) is 6.54 Å². The summed E-state index contributed by atoms with van der Waals surface area (Å²) in [6, 6.07) is 4.86. The van der Waals surface area contributed by atoms with Gasteiger partial charge in [0.25, 0.3) is 0 Å². The van der Waals surface area contributed by atoms with Crippen LogP contribution in [0.15, 0.2) is 24.3 Å². The summed E-state index contributed by atoms with van der Waals surface area (Å²) in [6.45, 7) is 4.93. The maximum absolute atomic E-state index is 12.9. The Kier molecular flexibility index (Phi) is 4.14. The first-order valence-corrected chi connectivity index (χ1v) is 8.41. The van der Waals surface area contributed by atoms with Crippen LogP contribution in [-0.4, -0.2) is 18.0 Å². The fourth-order valence-electron chi connectivity index (χ4n) is 4.12. The smallest absolute Gasteiger partial charge is 0.348 e. The SMILES string of the molecule is CCCC(NC(=O)C12CC(C)(CN1)C2)c1cccc(C(F)(F)F)c1. The van der Waals surface area contributed by atoms with E-state index in [0.29, 0.717) is 12.0 Å². The number of carbonyl (C=O) groups is 1. The number of halogens is 3. The van der Waals surface area contributed by atoms with Crippen LogP contribution in [0.25, 0.3) is 0 Å². The lowest BCUT2D eigenvalue weighted by atomic mass is 9.63. The molecule has 1 aliphatic carbocycles. The maximum Gasteiger partial charge on any atom is 0.416 e. The van der Waals surface area contributed by atoms with Crippen LogP contribution in [0.1, 0.15) is 56.7 Å². The second-order valence-electron chi connectivity index (χ2n) is 7.54. The summed E-state index contributed by atoms with van der Waals surface area (Å²) in [5.41, 5.74) is -0.504. The molecule has 1 amide bonds. The first-order valence-electron chi connectivity index (χ1n) is 8.41.